The summed E-state index contributed by atoms with van der Waals surface area (Å²) in [5.41, 5.74) is 1.73. The summed E-state index contributed by atoms with van der Waals surface area (Å²) >= 11 is 0.242. The van der Waals surface area contributed by atoms with Crippen molar-refractivity contribution in [3.8, 4) is 0 Å². The van der Waals surface area contributed by atoms with Gasteiger partial charge in [0.05, 0.1) is 0 Å². The number of allylic oxidation sites excluding steroid dienone is 2. The van der Waals surface area contributed by atoms with Gasteiger partial charge in [0.1, 0.15) is 0 Å². The summed E-state index contributed by atoms with van der Waals surface area (Å²) in [6.45, 7) is 11.4. The molecule has 0 amide bonds. The zero-order valence-corrected chi connectivity index (χ0v) is 17.3. The Labute approximate surface area is 153 Å². The van der Waals surface area contributed by atoms with Crippen LogP contribution in [0.2, 0.25) is 4.82 Å². The van der Waals surface area contributed by atoms with E-state index in [1.165, 1.54) is 10.0 Å². The zero-order chi connectivity index (χ0) is 17.5. The molecule has 0 N–H and O–H groups in total. The fourth-order valence-electron chi connectivity index (χ4n) is 5.02. The predicted molar refractivity (Wildman–Crippen MR) is 103 cm³/mol. The molecule has 1 aromatic carbocycles. The molecule has 24 heavy (non-hydrogen) atoms. The van der Waals surface area contributed by atoms with Gasteiger partial charge in [0, 0.05) is 0 Å². The molecule has 0 saturated heterocycles. The molecule has 3 unspecified atom stereocenters. The second-order valence-corrected chi connectivity index (χ2v) is 11.2. The van der Waals surface area contributed by atoms with E-state index in [1.54, 1.807) is 0 Å². The quantitative estimate of drug-likeness (QED) is 0.522. The van der Waals surface area contributed by atoms with Crippen molar-refractivity contribution in [2.45, 2.75) is 58.7 Å². The summed E-state index contributed by atoms with van der Waals surface area (Å²) in [6.07, 6.45) is 5.72. The van der Waals surface area contributed by atoms with E-state index in [0.717, 1.165) is 19.3 Å². The number of hydrogen-bond acceptors (Lipinski definition) is 1. The maximum atomic E-state index is 13.3. The van der Waals surface area contributed by atoms with Crippen LogP contribution < -0.4 is 4.46 Å². The van der Waals surface area contributed by atoms with Crippen molar-refractivity contribution in [2.24, 2.45) is 22.7 Å². The normalized spacial score (nSPS) is 33.7. The van der Waals surface area contributed by atoms with Crippen molar-refractivity contribution in [3.05, 3.63) is 42.0 Å². The van der Waals surface area contributed by atoms with Crippen molar-refractivity contribution in [1.29, 1.82) is 0 Å². The van der Waals surface area contributed by atoms with Gasteiger partial charge in [-0.05, 0) is 0 Å². The van der Waals surface area contributed by atoms with Gasteiger partial charge >= 0.3 is 153 Å². The van der Waals surface area contributed by atoms with Gasteiger partial charge in [0.15, 0.2) is 0 Å². The molecule has 2 bridgehead atoms. The molecule has 0 heterocycles. The van der Waals surface area contributed by atoms with Gasteiger partial charge < -0.3 is 0 Å². The Hall–Kier alpha value is -0.851. The molecule has 1 aromatic rings. The minimum atomic E-state index is 0.150. The van der Waals surface area contributed by atoms with Gasteiger partial charge in [-0.2, -0.15) is 0 Å². The Morgan fingerprint density at radius 2 is 1.88 bits per heavy atom. The van der Waals surface area contributed by atoms with Crippen LogP contribution in [0.1, 0.15) is 53.9 Å². The van der Waals surface area contributed by atoms with Crippen LogP contribution in [-0.4, -0.2) is 20.7 Å². The molecule has 0 aromatic heterocycles. The maximum absolute atomic E-state index is 13.3. The van der Waals surface area contributed by atoms with Crippen LogP contribution in [0, 0.1) is 22.7 Å². The van der Waals surface area contributed by atoms with E-state index in [1.807, 2.05) is 0 Å². The Balaban J connectivity index is 1.89. The van der Waals surface area contributed by atoms with Gasteiger partial charge in [0.2, 0.25) is 0 Å². The standard InChI is InChI=1S/C22H30OSe/c1-15(2)10-9-13-22(5)18-14-17(21(18,3)4)19(23)20(22)24-16-11-7-6-8-12-16/h6-8,10-12,17-18,20H,9,13-14H2,1-5H3/t17?,18?,20?,22-/m1/s1. The first kappa shape index (κ1) is 18.0. The molecule has 130 valence electrons. The van der Waals surface area contributed by atoms with Gasteiger partial charge in [-0.25, -0.2) is 0 Å². The van der Waals surface area contributed by atoms with E-state index in [0.29, 0.717) is 17.6 Å². The Morgan fingerprint density at radius 3 is 2.46 bits per heavy atom. The van der Waals surface area contributed by atoms with E-state index < -0.39 is 0 Å². The molecule has 3 saturated carbocycles. The molecule has 4 rings (SSSR count). The molecule has 0 aliphatic heterocycles. The van der Waals surface area contributed by atoms with Gasteiger partial charge in [0.25, 0.3) is 0 Å². The molecule has 3 aliphatic rings. The summed E-state index contributed by atoms with van der Waals surface area (Å²) in [5.74, 6) is 1.55. The first-order valence-corrected chi connectivity index (χ1v) is 11.0. The average Bonchev–Trinajstić information content (AvgIpc) is 2.51. The third-order valence-corrected chi connectivity index (χ3v) is 9.75. The van der Waals surface area contributed by atoms with Crippen LogP contribution in [0.15, 0.2) is 42.0 Å². The van der Waals surface area contributed by atoms with Crippen molar-refractivity contribution in [2.75, 3.05) is 0 Å². The number of hydrogen-bond donors (Lipinski definition) is 0. The summed E-state index contributed by atoms with van der Waals surface area (Å²) in [4.78, 5) is 13.5. The molecule has 3 aliphatic carbocycles. The average molecular weight is 389 g/mol. The van der Waals surface area contributed by atoms with E-state index >= 15 is 0 Å². The predicted octanol–water partition coefficient (Wildman–Crippen LogP) is 4.80. The molecule has 2 heteroatoms. The summed E-state index contributed by atoms with van der Waals surface area (Å²) in [7, 11) is 0. The number of carbonyl (C=O) groups excluding carboxylic acids is 1. The Morgan fingerprint density at radius 1 is 1.21 bits per heavy atom. The summed E-state index contributed by atoms with van der Waals surface area (Å²) < 4.78 is 1.37. The van der Waals surface area contributed by atoms with E-state index in [-0.39, 0.29) is 30.6 Å². The fourth-order valence-corrected chi connectivity index (χ4v) is 8.00. The van der Waals surface area contributed by atoms with E-state index in [4.69, 9.17) is 0 Å². The topological polar surface area (TPSA) is 17.1 Å². The SMILES string of the molecule is CC(C)=CCC[C@@]1(C)C([Se]c2ccccc2)C(=O)C2CC1C2(C)C. The molecule has 1 nitrogen and oxygen atoms in total. The zero-order valence-electron chi connectivity index (χ0n) is 15.6. The first-order chi connectivity index (χ1) is 11.3. The molecule has 0 spiro atoms. The van der Waals surface area contributed by atoms with Gasteiger partial charge in [-0.15, -0.1) is 0 Å². The van der Waals surface area contributed by atoms with Crippen molar-refractivity contribution < 1.29 is 4.79 Å². The number of Topliss-reactive ketones (excluding diaryl/α,β-unsaturated/α-hetero) is 1. The van der Waals surface area contributed by atoms with Crippen molar-refractivity contribution in [1.82, 2.24) is 0 Å². The van der Waals surface area contributed by atoms with Crippen LogP contribution in [0.5, 0.6) is 0 Å². The molecular weight excluding hydrogens is 359 g/mol. The minimum absolute atomic E-state index is 0.150. The van der Waals surface area contributed by atoms with Crippen molar-refractivity contribution >= 4 is 25.2 Å². The van der Waals surface area contributed by atoms with Gasteiger partial charge in [-0.3, -0.25) is 0 Å². The number of rotatable bonds is 5. The van der Waals surface area contributed by atoms with Crippen LogP contribution >= 0.6 is 0 Å². The first-order valence-electron chi connectivity index (χ1n) is 9.15. The number of ketones is 1. The fraction of sp³-hybridized carbons (Fsp3) is 0.591. The summed E-state index contributed by atoms with van der Waals surface area (Å²) in [5, 5.41) is 0. The molecule has 3 fully saturated rings. The number of fused-ring (bicyclic) bond motifs is 2. The Bertz CT molecular complexity index is 641. The molecule has 0 radical (unpaired) electrons. The second-order valence-electron chi connectivity index (χ2n) is 8.70. The second kappa shape index (κ2) is 6.46. The third-order valence-electron chi connectivity index (χ3n) is 6.50. The van der Waals surface area contributed by atoms with Crippen LogP contribution in [0.25, 0.3) is 0 Å². The molecular formula is C22H30OSe. The number of benzene rings is 1. The van der Waals surface area contributed by atoms with Crippen molar-refractivity contribution in [3.63, 3.8) is 0 Å². The number of carbonyl (C=O) groups is 1. The van der Waals surface area contributed by atoms with E-state index in [2.05, 4.69) is 71.0 Å². The monoisotopic (exact) mass is 390 g/mol. The van der Waals surface area contributed by atoms with Crippen LogP contribution in [0.4, 0.5) is 0 Å². The van der Waals surface area contributed by atoms with E-state index in [9.17, 15) is 4.79 Å². The van der Waals surface area contributed by atoms with Crippen LogP contribution in [0.3, 0.4) is 0 Å². The van der Waals surface area contributed by atoms with Crippen LogP contribution in [-0.2, 0) is 4.79 Å². The molecule has 4 atom stereocenters. The van der Waals surface area contributed by atoms with Gasteiger partial charge in [-0.1, -0.05) is 0 Å². The summed E-state index contributed by atoms with van der Waals surface area (Å²) in [6, 6.07) is 10.7. The Kier molecular flexibility index (Phi) is 4.84. The third kappa shape index (κ3) is 2.93.